The maximum absolute atomic E-state index is 12.6. The summed E-state index contributed by atoms with van der Waals surface area (Å²) in [6.07, 6.45) is 2.17. The van der Waals surface area contributed by atoms with Crippen LogP contribution in [0.5, 0.6) is 5.75 Å². The first-order valence-corrected chi connectivity index (χ1v) is 9.29. The van der Waals surface area contributed by atoms with Gasteiger partial charge < -0.3 is 20.1 Å². The van der Waals surface area contributed by atoms with Gasteiger partial charge in [-0.3, -0.25) is 14.9 Å². The number of methoxy groups -OCH3 is 1. The molecule has 8 nitrogen and oxygen atoms in total. The van der Waals surface area contributed by atoms with Crippen LogP contribution in [0.25, 0.3) is 11.6 Å². The second-order valence-electron chi connectivity index (χ2n) is 6.72. The Kier molecular flexibility index (Phi) is 5.26. The highest BCUT2D eigenvalue weighted by molar-refractivity contribution is 6.35. The smallest absolute Gasteiger partial charge is 0.269 e. The molecule has 0 fully saturated rings. The molecule has 2 aromatic carbocycles. The van der Waals surface area contributed by atoms with Crippen LogP contribution in [0.2, 0.25) is 0 Å². The Hall–Kier alpha value is -4.35. The van der Waals surface area contributed by atoms with Crippen LogP contribution < -0.4 is 10.1 Å². The minimum Gasteiger partial charge on any atom is -0.495 e. The van der Waals surface area contributed by atoms with Gasteiger partial charge in [0.15, 0.2) is 0 Å². The number of fused-ring (bicyclic) bond motifs is 1. The van der Waals surface area contributed by atoms with Crippen molar-refractivity contribution in [2.24, 2.45) is 0 Å². The zero-order chi connectivity index (χ0) is 22.0. The predicted octanol–water partition coefficient (Wildman–Crippen LogP) is 3.51. The van der Waals surface area contributed by atoms with E-state index in [4.69, 9.17) is 4.74 Å². The fraction of sp³-hybridized carbons (Fsp3) is 0.0870. The van der Waals surface area contributed by atoms with Crippen molar-refractivity contribution < 1.29 is 19.6 Å². The van der Waals surface area contributed by atoms with E-state index in [0.717, 1.165) is 0 Å². The van der Waals surface area contributed by atoms with Gasteiger partial charge in [0.05, 0.1) is 29.0 Å². The molecule has 2 heterocycles. The number of nitro groups is 1. The number of hydrogen-bond acceptors (Lipinski definition) is 5. The number of aliphatic hydroxyl groups is 1. The van der Waals surface area contributed by atoms with Crippen molar-refractivity contribution in [2.75, 3.05) is 12.4 Å². The fourth-order valence-corrected chi connectivity index (χ4v) is 3.33. The Morgan fingerprint density at radius 1 is 1.23 bits per heavy atom. The molecule has 0 aliphatic carbocycles. The SMILES string of the molecule is COc1cc[nH]c1C=C1C(=O)Nc2cccc(C#CC(O)c3cccc([N+](=O)[O-])c3)c21. The molecule has 1 aliphatic heterocycles. The number of nitrogens with zero attached hydrogens (tertiary/aromatic N) is 1. The number of aromatic nitrogens is 1. The summed E-state index contributed by atoms with van der Waals surface area (Å²) in [4.78, 5) is 26.0. The Labute approximate surface area is 177 Å². The number of carbonyl (C=O) groups is 1. The van der Waals surface area contributed by atoms with Gasteiger partial charge in [0.2, 0.25) is 0 Å². The van der Waals surface area contributed by atoms with Crippen molar-refractivity contribution >= 4 is 28.9 Å². The van der Waals surface area contributed by atoms with Crippen molar-refractivity contribution in [3.05, 3.63) is 87.2 Å². The lowest BCUT2D eigenvalue weighted by Crippen LogP contribution is -2.03. The summed E-state index contributed by atoms with van der Waals surface area (Å²) >= 11 is 0. The fourth-order valence-electron chi connectivity index (χ4n) is 3.33. The first-order valence-electron chi connectivity index (χ1n) is 9.29. The number of non-ortho nitro benzene ring substituents is 1. The van der Waals surface area contributed by atoms with E-state index in [2.05, 4.69) is 22.1 Å². The maximum atomic E-state index is 12.6. The summed E-state index contributed by atoms with van der Waals surface area (Å²) < 4.78 is 5.29. The second kappa shape index (κ2) is 8.18. The first kappa shape index (κ1) is 19.9. The number of H-pyrrole nitrogens is 1. The van der Waals surface area contributed by atoms with Crippen LogP contribution in [0.3, 0.4) is 0 Å². The van der Waals surface area contributed by atoms with E-state index in [-0.39, 0.29) is 11.6 Å². The molecule has 1 aliphatic rings. The van der Waals surface area contributed by atoms with E-state index in [1.807, 2.05) is 0 Å². The summed E-state index contributed by atoms with van der Waals surface area (Å²) in [6.45, 7) is 0. The number of hydrogen-bond donors (Lipinski definition) is 3. The molecular formula is C23H17N3O5. The van der Waals surface area contributed by atoms with Crippen LogP contribution in [-0.4, -0.2) is 28.0 Å². The van der Waals surface area contributed by atoms with E-state index >= 15 is 0 Å². The Morgan fingerprint density at radius 2 is 2.03 bits per heavy atom. The first-order chi connectivity index (χ1) is 15.0. The van der Waals surface area contributed by atoms with Crippen LogP contribution in [0.15, 0.2) is 54.7 Å². The van der Waals surface area contributed by atoms with Gasteiger partial charge >= 0.3 is 0 Å². The number of nitro benzene ring substituents is 1. The largest absolute Gasteiger partial charge is 0.495 e. The number of anilines is 1. The van der Waals surface area contributed by atoms with E-state index in [1.54, 1.807) is 49.7 Å². The van der Waals surface area contributed by atoms with E-state index in [1.165, 1.54) is 18.2 Å². The monoisotopic (exact) mass is 415 g/mol. The third-order valence-electron chi connectivity index (χ3n) is 4.81. The molecule has 0 saturated carbocycles. The molecule has 1 atom stereocenters. The average molecular weight is 415 g/mol. The van der Waals surface area contributed by atoms with Crippen molar-refractivity contribution in [3.8, 4) is 17.6 Å². The van der Waals surface area contributed by atoms with Crippen molar-refractivity contribution in [2.45, 2.75) is 6.10 Å². The van der Waals surface area contributed by atoms with Gasteiger partial charge in [0.25, 0.3) is 11.6 Å². The minimum absolute atomic E-state index is 0.126. The number of amides is 1. The lowest BCUT2D eigenvalue weighted by atomic mass is 9.99. The number of aromatic amines is 1. The predicted molar refractivity (Wildman–Crippen MR) is 115 cm³/mol. The molecule has 1 amide bonds. The van der Waals surface area contributed by atoms with Gasteiger partial charge in [-0.05, 0) is 29.8 Å². The number of aliphatic hydroxyl groups excluding tert-OH is 1. The number of carbonyl (C=O) groups excluding carboxylic acids is 1. The molecule has 154 valence electrons. The Balaban J connectivity index is 1.72. The molecule has 8 heteroatoms. The molecule has 0 saturated heterocycles. The van der Waals surface area contributed by atoms with Gasteiger partial charge in [-0.25, -0.2) is 0 Å². The van der Waals surface area contributed by atoms with Crippen LogP contribution in [0.4, 0.5) is 11.4 Å². The molecule has 1 unspecified atom stereocenters. The highest BCUT2D eigenvalue weighted by Gasteiger charge is 2.27. The lowest BCUT2D eigenvalue weighted by molar-refractivity contribution is -0.385. The standard InChI is InChI=1S/C23H17N3O5/c1-31-21-10-11-24-19(21)13-17-22-14(4-3-7-18(22)25-23(17)28)8-9-20(27)15-5-2-6-16(12-15)26(29)30/h2-7,10-13,20,24,27H,1H3,(H,25,28). The number of rotatable bonds is 4. The summed E-state index contributed by atoms with van der Waals surface area (Å²) in [7, 11) is 1.54. The van der Waals surface area contributed by atoms with E-state index < -0.39 is 11.0 Å². The van der Waals surface area contributed by atoms with Crippen LogP contribution in [0.1, 0.15) is 28.5 Å². The maximum Gasteiger partial charge on any atom is 0.269 e. The van der Waals surface area contributed by atoms with Gasteiger partial charge in [-0.15, -0.1) is 0 Å². The quantitative estimate of drug-likeness (QED) is 0.261. The van der Waals surface area contributed by atoms with E-state index in [0.29, 0.717) is 39.4 Å². The summed E-state index contributed by atoms with van der Waals surface area (Å²) in [6, 6.07) is 12.7. The number of ether oxygens (including phenoxy) is 1. The third kappa shape index (κ3) is 3.90. The molecule has 3 aromatic rings. The molecule has 31 heavy (non-hydrogen) atoms. The molecule has 1 aromatic heterocycles. The Bertz CT molecular complexity index is 1280. The zero-order valence-electron chi connectivity index (χ0n) is 16.4. The topological polar surface area (TPSA) is 117 Å². The molecule has 0 bridgehead atoms. The Morgan fingerprint density at radius 3 is 2.81 bits per heavy atom. The van der Waals surface area contributed by atoms with Crippen molar-refractivity contribution in [3.63, 3.8) is 0 Å². The molecule has 0 radical (unpaired) electrons. The highest BCUT2D eigenvalue weighted by atomic mass is 16.6. The lowest BCUT2D eigenvalue weighted by Gasteiger charge is -2.05. The molecular weight excluding hydrogens is 398 g/mol. The molecule has 3 N–H and O–H groups in total. The van der Waals surface area contributed by atoms with Gasteiger partial charge in [-0.1, -0.05) is 30.0 Å². The van der Waals surface area contributed by atoms with Crippen LogP contribution in [0, 0.1) is 22.0 Å². The normalized spacial score (nSPS) is 14.4. The van der Waals surface area contributed by atoms with Crippen molar-refractivity contribution in [1.82, 2.24) is 4.98 Å². The van der Waals surface area contributed by atoms with Crippen LogP contribution in [-0.2, 0) is 4.79 Å². The minimum atomic E-state index is -1.23. The molecule has 4 rings (SSSR count). The van der Waals surface area contributed by atoms with Gasteiger partial charge in [-0.2, -0.15) is 0 Å². The summed E-state index contributed by atoms with van der Waals surface area (Å²) in [5.41, 5.74) is 3.00. The number of benzene rings is 2. The third-order valence-corrected chi connectivity index (χ3v) is 4.81. The molecule has 0 spiro atoms. The summed E-state index contributed by atoms with van der Waals surface area (Å²) in [5, 5.41) is 24.2. The van der Waals surface area contributed by atoms with E-state index in [9.17, 15) is 20.0 Å². The highest BCUT2D eigenvalue weighted by Crippen LogP contribution is 2.36. The van der Waals surface area contributed by atoms with Crippen molar-refractivity contribution in [1.29, 1.82) is 0 Å². The number of nitrogens with one attached hydrogen (secondary N) is 2. The second-order valence-corrected chi connectivity index (χ2v) is 6.72. The zero-order valence-corrected chi connectivity index (χ0v) is 16.4. The van der Waals surface area contributed by atoms with Gasteiger partial charge in [0, 0.05) is 29.5 Å². The van der Waals surface area contributed by atoms with Crippen LogP contribution >= 0.6 is 0 Å². The average Bonchev–Trinajstić information content (AvgIpc) is 3.36. The summed E-state index contributed by atoms with van der Waals surface area (Å²) in [5.74, 6) is 5.94. The van der Waals surface area contributed by atoms with Gasteiger partial charge in [0.1, 0.15) is 11.9 Å².